The molecule has 1 amide bonds. The maximum Gasteiger partial charge on any atom is 0.277 e. The van der Waals surface area contributed by atoms with E-state index < -0.39 is 15.9 Å². The van der Waals surface area contributed by atoms with Crippen molar-refractivity contribution in [1.29, 1.82) is 0 Å². The number of methoxy groups -OCH3 is 1. The van der Waals surface area contributed by atoms with Crippen LogP contribution in [0.3, 0.4) is 0 Å². The van der Waals surface area contributed by atoms with Gasteiger partial charge in [0.1, 0.15) is 18.1 Å². The summed E-state index contributed by atoms with van der Waals surface area (Å²) in [5.74, 6) is 0.801. The van der Waals surface area contributed by atoms with Crippen LogP contribution >= 0.6 is 0 Å². The highest BCUT2D eigenvalue weighted by molar-refractivity contribution is 7.92. The van der Waals surface area contributed by atoms with E-state index in [9.17, 15) is 13.2 Å². The molecule has 2 heterocycles. The number of sulfonamides is 1. The molecule has 0 aliphatic carbocycles. The van der Waals surface area contributed by atoms with Crippen LogP contribution in [0.15, 0.2) is 70.1 Å². The standard InChI is InChI=1S/C31H41N5O7S/c1-6-10-20(3)36-29(21(4)32)31(37)33-30(34-36)25-18-24(13-15-26(25)41-7-2)44(38,39)35-22-12-14-27(28(17-22)40-5)43-19-23-11-8-9-16-42-23/h12-15,17-18,23,35H,3,6-11,16,19,32H2,1-2,4-5H3,(H,33,34,37)/b29-21-. The first-order chi connectivity index (χ1) is 21.1. The SMILES string of the molecule is C=C(CCC)N1N=C(c2cc(S(=O)(=O)Nc3ccc(OCC4CCCCO4)c(OC)c3)ccc2OCC)NC(=O)/C1=C(\C)N. The Morgan fingerprint density at radius 2 is 1.93 bits per heavy atom. The van der Waals surface area contributed by atoms with Crippen molar-refractivity contribution in [3.8, 4) is 17.2 Å². The summed E-state index contributed by atoms with van der Waals surface area (Å²) < 4.78 is 52.6. The van der Waals surface area contributed by atoms with Gasteiger partial charge >= 0.3 is 0 Å². The van der Waals surface area contributed by atoms with E-state index in [1.54, 1.807) is 32.0 Å². The molecule has 0 radical (unpaired) electrons. The largest absolute Gasteiger partial charge is 0.493 e. The molecule has 1 atom stereocenters. The molecule has 1 fully saturated rings. The minimum Gasteiger partial charge on any atom is -0.493 e. The summed E-state index contributed by atoms with van der Waals surface area (Å²) in [6.45, 7) is 10.9. The predicted octanol–water partition coefficient (Wildman–Crippen LogP) is 4.44. The fourth-order valence-electron chi connectivity index (χ4n) is 4.86. The molecule has 0 aromatic heterocycles. The quantitative estimate of drug-likeness (QED) is 0.274. The number of carbonyl (C=O) groups excluding carboxylic acids is 1. The molecule has 4 rings (SSSR count). The number of nitrogens with two attached hydrogens (primary N) is 1. The molecule has 2 aliphatic rings. The summed E-state index contributed by atoms with van der Waals surface area (Å²) in [6, 6.07) is 9.14. The van der Waals surface area contributed by atoms with Gasteiger partial charge in [0, 0.05) is 24.1 Å². The maximum atomic E-state index is 13.6. The third-order valence-electron chi connectivity index (χ3n) is 7.00. The smallest absolute Gasteiger partial charge is 0.277 e. The van der Waals surface area contributed by atoms with E-state index in [4.69, 9.17) is 24.7 Å². The van der Waals surface area contributed by atoms with Crippen molar-refractivity contribution in [2.45, 2.75) is 63.9 Å². The first-order valence-corrected chi connectivity index (χ1v) is 16.1. The van der Waals surface area contributed by atoms with Gasteiger partial charge < -0.3 is 30.0 Å². The number of rotatable bonds is 13. The lowest BCUT2D eigenvalue weighted by atomic mass is 10.1. The van der Waals surface area contributed by atoms with Crippen molar-refractivity contribution in [3.05, 3.63) is 65.6 Å². The van der Waals surface area contributed by atoms with E-state index in [0.29, 0.717) is 42.6 Å². The molecule has 12 nitrogen and oxygen atoms in total. The highest BCUT2D eigenvalue weighted by atomic mass is 32.2. The van der Waals surface area contributed by atoms with Crippen LogP contribution in [0.25, 0.3) is 0 Å². The van der Waals surface area contributed by atoms with Crippen molar-refractivity contribution >= 4 is 27.5 Å². The first-order valence-electron chi connectivity index (χ1n) is 14.6. The van der Waals surface area contributed by atoms with E-state index in [1.165, 1.54) is 30.3 Å². The monoisotopic (exact) mass is 627 g/mol. The number of amides is 1. The first kappa shape index (κ1) is 32.7. The Kier molecular flexibility index (Phi) is 10.8. The van der Waals surface area contributed by atoms with E-state index >= 15 is 0 Å². The number of carbonyl (C=O) groups is 1. The number of benzene rings is 2. The van der Waals surface area contributed by atoms with Gasteiger partial charge in [-0.15, -0.1) is 5.10 Å². The summed E-state index contributed by atoms with van der Waals surface area (Å²) in [4.78, 5) is 13.1. The van der Waals surface area contributed by atoms with Crippen molar-refractivity contribution in [1.82, 2.24) is 10.3 Å². The summed E-state index contributed by atoms with van der Waals surface area (Å²) >= 11 is 0. The zero-order valence-corrected chi connectivity index (χ0v) is 26.5. The summed E-state index contributed by atoms with van der Waals surface area (Å²) in [7, 11) is -2.61. The summed E-state index contributed by atoms with van der Waals surface area (Å²) in [5, 5.41) is 8.74. The Hall–Kier alpha value is -4.23. The van der Waals surface area contributed by atoms with Gasteiger partial charge in [-0.25, -0.2) is 13.4 Å². The lowest BCUT2D eigenvalue weighted by Crippen LogP contribution is -2.44. The topological polar surface area (TPSA) is 154 Å². The minimum absolute atomic E-state index is 0.0118. The average Bonchev–Trinajstić information content (AvgIpc) is 3.00. The molecule has 44 heavy (non-hydrogen) atoms. The van der Waals surface area contributed by atoms with Gasteiger partial charge in [0.15, 0.2) is 17.3 Å². The lowest BCUT2D eigenvalue weighted by molar-refractivity contribution is -0.118. The molecule has 2 aromatic carbocycles. The van der Waals surface area contributed by atoms with Crippen LogP contribution in [0.2, 0.25) is 0 Å². The highest BCUT2D eigenvalue weighted by Gasteiger charge is 2.31. The molecule has 2 aliphatic heterocycles. The van der Waals surface area contributed by atoms with Gasteiger partial charge in [0.2, 0.25) is 0 Å². The number of amidine groups is 1. The average molecular weight is 628 g/mol. The van der Waals surface area contributed by atoms with Crippen LogP contribution in [-0.4, -0.2) is 58.2 Å². The summed E-state index contributed by atoms with van der Waals surface area (Å²) in [5.41, 5.74) is 7.55. The zero-order valence-electron chi connectivity index (χ0n) is 25.6. The van der Waals surface area contributed by atoms with Crippen molar-refractivity contribution in [3.63, 3.8) is 0 Å². The van der Waals surface area contributed by atoms with Gasteiger partial charge in [0.25, 0.3) is 15.9 Å². The second kappa shape index (κ2) is 14.5. The van der Waals surface area contributed by atoms with E-state index in [0.717, 1.165) is 32.3 Å². The van der Waals surface area contributed by atoms with E-state index in [2.05, 4.69) is 21.7 Å². The number of nitrogens with one attached hydrogen (secondary N) is 2. The minimum atomic E-state index is -4.10. The fraction of sp³-hybridized carbons (Fsp3) is 0.419. The Bertz CT molecular complexity index is 1540. The molecule has 2 aromatic rings. The number of allylic oxidation sites excluding steroid dienone is 2. The molecule has 1 unspecified atom stereocenters. The van der Waals surface area contributed by atoms with Crippen molar-refractivity contribution in [2.24, 2.45) is 10.8 Å². The normalized spacial score (nSPS) is 18.2. The van der Waals surface area contributed by atoms with Gasteiger partial charge in [-0.2, -0.15) is 0 Å². The molecule has 0 spiro atoms. The molecular formula is C31H41N5O7S. The third-order valence-corrected chi connectivity index (χ3v) is 8.38. The number of nitrogens with zero attached hydrogens (tertiary/aromatic N) is 2. The Morgan fingerprint density at radius 1 is 1.16 bits per heavy atom. The van der Waals surface area contributed by atoms with Crippen molar-refractivity contribution < 1.29 is 32.2 Å². The van der Waals surface area contributed by atoms with E-state index in [-0.39, 0.29) is 39.5 Å². The van der Waals surface area contributed by atoms with Crippen molar-refractivity contribution in [2.75, 3.05) is 31.7 Å². The van der Waals surface area contributed by atoms with Gasteiger partial charge in [-0.3, -0.25) is 9.52 Å². The fourth-order valence-corrected chi connectivity index (χ4v) is 5.93. The van der Waals surface area contributed by atoms with Crippen LogP contribution < -0.4 is 30.0 Å². The molecule has 0 saturated carbocycles. The number of anilines is 1. The Morgan fingerprint density at radius 3 is 2.59 bits per heavy atom. The van der Waals surface area contributed by atoms with Gasteiger partial charge in [-0.05, 0) is 69.9 Å². The maximum absolute atomic E-state index is 13.6. The predicted molar refractivity (Wildman–Crippen MR) is 168 cm³/mol. The number of hydrogen-bond donors (Lipinski definition) is 3. The van der Waals surface area contributed by atoms with Crippen LogP contribution in [0.4, 0.5) is 5.69 Å². The van der Waals surface area contributed by atoms with Crippen LogP contribution in [0.5, 0.6) is 17.2 Å². The molecular weight excluding hydrogens is 586 g/mol. The lowest BCUT2D eigenvalue weighted by Gasteiger charge is -2.30. The van der Waals surface area contributed by atoms with Crippen LogP contribution in [-0.2, 0) is 19.6 Å². The Labute approximate surface area is 258 Å². The van der Waals surface area contributed by atoms with Crippen LogP contribution in [0.1, 0.15) is 58.4 Å². The third kappa shape index (κ3) is 7.64. The Balaban J connectivity index is 1.63. The second-order valence-corrected chi connectivity index (χ2v) is 12.1. The molecule has 13 heteroatoms. The highest BCUT2D eigenvalue weighted by Crippen LogP contribution is 2.33. The second-order valence-electron chi connectivity index (χ2n) is 10.4. The molecule has 1 saturated heterocycles. The van der Waals surface area contributed by atoms with E-state index in [1.807, 2.05) is 6.92 Å². The number of hydrazone groups is 1. The molecule has 4 N–H and O–H groups in total. The van der Waals surface area contributed by atoms with Gasteiger partial charge in [-0.1, -0.05) is 19.9 Å². The molecule has 238 valence electrons. The zero-order chi connectivity index (χ0) is 31.9. The number of ether oxygens (including phenoxy) is 4. The van der Waals surface area contributed by atoms with Crippen LogP contribution in [0, 0.1) is 0 Å². The van der Waals surface area contributed by atoms with Gasteiger partial charge in [0.05, 0.1) is 36.0 Å². The summed E-state index contributed by atoms with van der Waals surface area (Å²) in [6.07, 6.45) is 4.42. The molecule has 0 bridgehead atoms. The number of hydrogen-bond acceptors (Lipinski definition) is 10.